The Bertz CT molecular complexity index is 734. The number of hydrogen-bond acceptors (Lipinski definition) is 7. The lowest BCUT2D eigenvalue weighted by atomic mass is 10.3. The highest BCUT2D eigenvalue weighted by molar-refractivity contribution is 14.0. The van der Waals surface area contributed by atoms with Crippen molar-refractivity contribution < 1.29 is 14.3 Å². The van der Waals surface area contributed by atoms with Crippen LogP contribution in [-0.4, -0.2) is 85.5 Å². The molecule has 11 heteroatoms. The Hall–Kier alpha value is -1.47. The summed E-state index contributed by atoms with van der Waals surface area (Å²) in [4.78, 5) is 36.9. The number of guanidine groups is 1. The van der Waals surface area contributed by atoms with E-state index in [1.807, 2.05) is 18.7 Å². The van der Waals surface area contributed by atoms with Gasteiger partial charge in [-0.3, -0.25) is 14.7 Å². The molecule has 1 saturated heterocycles. The van der Waals surface area contributed by atoms with Crippen LogP contribution in [0.1, 0.15) is 47.2 Å². The lowest BCUT2D eigenvalue weighted by Crippen LogP contribution is -2.50. The molecule has 170 valence electrons. The Balaban J connectivity index is 0.00000450. The molecule has 1 aromatic heterocycles. The maximum absolute atomic E-state index is 12.0. The number of esters is 1. The Morgan fingerprint density at radius 2 is 1.97 bits per heavy atom. The molecule has 9 nitrogen and oxygen atoms in total. The quantitative estimate of drug-likeness (QED) is 0.230. The van der Waals surface area contributed by atoms with Gasteiger partial charge in [-0.2, -0.15) is 0 Å². The minimum absolute atomic E-state index is 0. The Kier molecular flexibility index (Phi) is 11.6. The molecule has 2 heterocycles. The van der Waals surface area contributed by atoms with E-state index in [0.29, 0.717) is 23.1 Å². The number of carbonyl (C=O) groups excluding carboxylic acids is 2. The number of halogens is 1. The van der Waals surface area contributed by atoms with Gasteiger partial charge in [-0.25, -0.2) is 9.78 Å². The summed E-state index contributed by atoms with van der Waals surface area (Å²) in [6, 6.07) is -0.0906. The van der Waals surface area contributed by atoms with E-state index >= 15 is 0 Å². The lowest BCUT2D eigenvalue weighted by molar-refractivity contribution is -0.130. The minimum atomic E-state index is -0.326. The van der Waals surface area contributed by atoms with Crippen molar-refractivity contribution in [3.63, 3.8) is 0 Å². The molecular formula is C19H33IN6O3S. The number of ether oxygens (including phenoxy) is 1. The molecule has 0 saturated carbocycles. The van der Waals surface area contributed by atoms with Crippen LogP contribution in [0.5, 0.6) is 0 Å². The predicted octanol–water partition coefficient (Wildman–Crippen LogP) is 1.64. The lowest BCUT2D eigenvalue weighted by Gasteiger charge is -2.34. The molecule has 1 unspecified atom stereocenters. The summed E-state index contributed by atoms with van der Waals surface area (Å²) in [5.74, 6) is 0.503. The van der Waals surface area contributed by atoms with Crippen LogP contribution in [0.15, 0.2) is 4.99 Å². The fourth-order valence-electron chi connectivity index (χ4n) is 3.07. The van der Waals surface area contributed by atoms with Gasteiger partial charge >= 0.3 is 5.97 Å². The molecule has 0 aliphatic carbocycles. The van der Waals surface area contributed by atoms with E-state index in [1.54, 1.807) is 20.9 Å². The van der Waals surface area contributed by atoms with Gasteiger partial charge in [0.25, 0.3) is 0 Å². The molecule has 0 spiro atoms. The first-order chi connectivity index (χ1) is 13.8. The molecule has 30 heavy (non-hydrogen) atoms. The standard InChI is InChI=1S/C19H32N6O3S.HI/c1-6-28-18(27)16-13(2)22-17(29-16)14(3)23-19(20-5)21-7-8-24-9-11-25(12-10-24)15(4)26;/h14H,6-12H2,1-5H3,(H2,20,21,23);1H. The van der Waals surface area contributed by atoms with Crippen LogP contribution < -0.4 is 10.6 Å². The van der Waals surface area contributed by atoms with Gasteiger partial charge < -0.3 is 20.3 Å². The summed E-state index contributed by atoms with van der Waals surface area (Å²) in [5, 5.41) is 7.45. The van der Waals surface area contributed by atoms with E-state index in [9.17, 15) is 9.59 Å². The van der Waals surface area contributed by atoms with Gasteiger partial charge in [-0.1, -0.05) is 0 Å². The fourth-order valence-corrected chi connectivity index (χ4v) is 4.03. The van der Waals surface area contributed by atoms with E-state index in [1.165, 1.54) is 11.3 Å². The number of nitrogens with zero attached hydrogens (tertiary/aromatic N) is 4. The highest BCUT2D eigenvalue weighted by atomic mass is 127. The van der Waals surface area contributed by atoms with Gasteiger partial charge in [-0.05, 0) is 20.8 Å². The maximum atomic E-state index is 12.0. The number of aryl methyl sites for hydroxylation is 1. The third kappa shape index (κ3) is 7.65. The smallest absolute Gasteiger partial charge is 0.350 e. The zero-order chi connectivity index (χ0) is 21.4. The largest absolute Gasteiger partial charge is 0.462 e. The SMILES string of the molecule is CCOC(=O)c1sc(C(C)NC(=NC)NCCN2CCN(C(C)=O)CC2)nc1C.I. The summed E-state index contributed by atoms with van der Waals surface area (Å²) in [6.07, 6.45) is 0. The number of amides is 1. The monoisotopic (exact) mass is 552 g/mol. The highest BCUT2D eigenvalue weighted by Gasteiger charge is 2.21. The summed E-state index contributed by atoms with van der Waals surface area (Å²) >= 11 is 1.35. The fraction of sp³-hybridized carbons (Fsp3) is 0.684. The van der Waals surface area contributed by atoms with Gasteiger partial charge in [-0.15, -0.1) is 35.3 Å². The number of nitrogens with one attached hydrogen (secondary N) is 2. The van der Waals surface area contributed by atoms with Crippen molar-refractivity contribution in [1.29, 1.82) is 0 Å². The van der Waals surface area contributed by atoms with Gasteiger partial charge in [0, 0.05) is 53.2 Å². The van der Waals surface area contributed by atoms with E-state index in [4.69, 9.17) is 4.74 Å². The number of rotatable bonds is 7. The zero-order valence-electron chi connectivity index (χ0n) is 18.4. The average molecular weight is 552 g/mol. The normalized spacial score (nSPS) is 15.9. The van der Waals surface area contributed by atoms with Crippen LogP contribution in [0, 0.1) is 6.92 Å². The first-order valence-electron chi connectivity index (χ1n) is 9.95. The van der Waals surface area contributed by atoms with Gasteiger partial charge in [0.1, 0.15) is 9.88 Å². The van der Waals surface area contributed by atoms with E-state index in [0.717, 1.165) is 44.3 Å². The molecule has 1 aliphatic rings. The first-order valence-corrected chi connectivity index (χ1v) is 10.8. The van der Waals surface area contributed by atoms with Gasteiger partial charge in [0.15, 0.2) is 5.96 Å². The number of aliphatic imine (C=N–C) groups is 1. The molecule has 1 aliphatic heterocycles. The third-order valence-corrected chi connectivity index (χ3v) is 6.08. The van der Waals surface area contributed by atoms with Crippen molar-refractivity contribution >= 4 is 53.1 Å². The molecule has 1 aromatic rings. The number of piperazine rings is 1. The van der Waals surface area contributed by atoms with E-state index in [2.05, 4.69) is 25.5 Å². The second-order valence-electron chi connectivity index (χ2n) is 6.90. The first kappa shape index (κ1) is 26.6. The molecule has 0 aromatic carbocycles. The van der Waals surface area contributed by atoms with E-state index in [-0.39, 0.29) is 41.9 Å². The average Bonchev–Trinajstić information content (AvgIpc) is 3.09. The van der Waals surface area contributed by atoms with E-state index < -0.39 is 0 Å². The second kappa shape index (κ2) is 13.1. The van der Waals surface area contributed by atoms with Crippen LogP contribution in [-0.2, 0) is 9.53 Å². The van der Waals surface area contributed by atoms with Gasteiger partial charge in [0.05, 0.1) is 18.3 Å². The topological polar surface area (TPSA) is 99.2 Å². The molecule has 2 rings (SSSR count). The Morgan fingerprint density at radius 1 is 1.30 bits per heavy atom. The molecule has 1 fully saturated rings. The predicted molar refractivity (Wildman–Crippen MR) is 130 cm³/mol. The second-order valence-corrected chi connectivity index (χ2v) is 7.93. The number of aromatic nitrogens is 1. The Labute approximate surface area is 199 Å². The number of carbonyl (C=O) groups is 2. The van der Waals surface area contributed by atoms with Crippen LogP contribution in [0.3, 0.4) is 0 Å². The molecule has 1 amide bonds. The van der Waals surface area contributed by atoms with Crippen LogP contribution in [0.4, 0.5) is 0 Å². The van der Waals surface area contributed by atoms with Crippen molar-refractivity contribution in [2.24, 2.45) is 4.99 Å². The molecule has 0 radical (unpaired) electrons. The van der Waals surface area contributed by atoms with Crippen molar-refractivity contribution in [3.8, 4) is 0 Å². The Morgan fingerprint density at radius 3 is 2.53 bits per heavy atom. The molecule has 2 N–H and O–H groups in total. The van der Waals surface area contributed by atoms with Gasteiger partial charge in [0.2, 0.25) is 5.91 Å². The molecular weight excluding hydrogens is 519 g/mol. The van der Waals surface area contributed by atoms with Crippen molar-refractivity contribution in [1.82, 2.24) is 25.4 Å². The minimum Gasteiger partial charge on any atom is -0.462 e. The molecule has 0 bridgehead atoms. The summed E-state index contributed by atoms with van der Waals surface area (Å²) in [6.45, 7) is 12.5. The highest BCUT2D eigenvalue weighted by Crippen LogP contribution is 2.24. The zero-order valence-corrected chi connectivity index (χ0v) is 21.5. The third-order valence-electron chi connectivity index (χ3n) is 4.76. The van der Waals surface area contributed by atoms with Crippen LogP contribution in [0.2, 0.25) is 0 Å². The van der Waals surface area contributed by atoms with Crippen molar-refractivity contribution in [2.45, 2.75) is 33.7 Å². The number of thiazole rings is 1. The summed E-state index contributed by atoms with van der Waals surface area (Å²) in [7, 11) is 1.73. The maximum Gasteiger partial charge on any atom is 0.350 e. The molecule has 1 atom stereocenters. The summed E-state index contributed by atoms with van der Waals surface area (Å²) in [5.41, 5.74) is 0.685. The van der Waals surface area contributed by atoms with Crippen molar-refractivity contribution in [3.05, 3.63) is 15.6 Å². The summed E-state index contributed by atoms with van der Waals surface area (Å²) < 4.78 is 5.08. The van der Waals surface area contributed by atoms with Crippen molar-refractivity contribution in [2.75, 3.05) is 52.9 Å². The number of hydrogen-bond donors (Lipinski definition) is 2. The van der Waals surface area contributed by atoms with Crippen LogP contribution in [0.25, 0.3) is 0 Å². The van der Waals surface area contributed by atoms with Crippen LogP contribution >= 0.6 is 35.3 Å².